The summed E-state index contributed by atoms with van der Waals surface area (Å²) in [5, 5.41) is 3.27. The van der Waals surface area contributed by atoms with Crippen molar-refractivity contribution in [3.05, 3.63) is 59.1 Å². The van der Waals surface area contributed by atoms with E-state index in [1.807, 2.05) is 51.0 Å². The lowest BCUT2D eigenvalue weighted by atomic mass is 10.1. The summed E-state index contributed by atoms with van der Waals surface area (Å²) in [6, 6.07) is 4.08. The first-order chi connectivity index (χ1) is 13.7. The molecule has 0 bridgehead atoms. The lowest BCUT2D eigenvalue weighted by Crippen LogP contribution is -2.10. The van der Waals surface area contributed by atoms with Crippen molar-refractivity contribution in [3.8, 4) is 5.88 Å². The molecule has 0 saturated carbocycles. The topological polar surface area (TPSA) is 88.6 Å². The Bertz CT molecular complexity index is 881. The van der Waals surface area contributed by atoms with E-state index in [9.17, 15) is 0 Å². The van der Waals surface area contributed by atoms with Crippen molar-refractivity contribution in [2.45, 2.75) is 32.9 Å². The number of thioether (sulfide) groups is 1. The molecule has 0 aliphatic heterocycles. The normalized spacial score (nSPS) is 10.8. The standard InChI is InChI=1S/C20H26N6OS/c1-4-27-19-17(9-16-6-5-14(2)22-10-16)11-23-20(26-19)21-7-8-28-12-18-15(3)24-13-25-18/h5-6,10-11,13H,4,7-9,12H2,1-3H3,(H,24,25)(H,21,23,26). The molecule has 0 radical (unpaired) electrons. The van der Waals surface area contributed by atoms with Gasteiger partial charge in [0.1, 0.15) is 0 Å². The van der Waals surface area contributed by atoms with Crippen molar-refractivity contribution in [2.24, 2.45) is 0 Å². The summed E-state index contributed by atoms with van der Waals surface area (Å²) in [6.45, 7) is 7.32. The van der Waals surface area contributed by atoms with Crippen molar-refractivity contribution in [1.29, 1.82) is 0 Å². The van der Waals surface area contributed by atoms with E-state index in [2.05, 4.69) is 36.3 Å². The van der Waals surface area contributed by atoms with Gasteiger partial charge in [-0.25, -0.2) is 9.97 Å². The Morgan fingerprint density at radius 3 is 2.75 bits per heavy atom. The average molecular weight is 399 g/mol. The molecular formula is C20H26N6OS. The highest BCUT2D eigenvalue weighted by Crippen LogP contribution is 2.20. The van der Waals surface area contributed by atoms with Gasteiger partial charge < -0.3 is 15.0 Å². The van der Waals surface area contributed by atoms with Gasteiger partial charge in [0, 0.05) is 53.8 Å². The van der Waals surface area contributed by atoms with E-state index in [0.717, 1.165) is 46.3 Å². The second-order valence-corrected chi connectivity index (χ2v) is 7.50. The second-order valence-electron chi connectivity index (χ2n) is 6.40. The minimum Gasteiger partial charge on any atom is -0.478 e. The zero-order valence-corrected chi connectivity index (χ0v) is 17.3. The monoisotopic (exact) mass is 398 g/mol. The molecule has 0 amide bonds. The van der Waals surface area contributed by atoms with Gasteiger partial charge in [0.15, 0.2) is 0 Å². The number of nitrogens with one attached hydrogen (secondary N) is 2. The zero-order chi connectivity index (χ0) is 19.8. The lowest BCUT2D eigenvalue weighted by molar-refractivity contribution is 0.323. The highest BCUT2D eigenvalue weighted by Gasteiger charge is 2.10. The van der Waals surface area contributed by atoms with Gasteiger partial charge in [-0.15, -0.1) is 0 Å². The van der Waals surface area contributed by atoms with Gasteiger partial charge in [0.2, 0.25) is 11.8 Å². The first kappa shape index (κ1) is 20.1. The van der Waals surface area contributed by atoms with E-state index in [1.165, 1.54) is 0 Å². The van der Waals surface area contributed by atoms with Gasteiger partial charge in [-0.05, 0) is 32.4 Å². The van der Waals surface area contributed by atoms with E-state index < -0.39 is 0 Å². The molecular weight excluding hydrogens is 372 g/mol. The number of nitrogens with zero attached hydrogens (tertiary/aromatic N) is 4. The van der Waals surface area contributed by atoms with Crippen LogP contribution >= 0.6 is 11.8 Å². The summed E-state index contributed by atoms with van der Waals surface area (Å²) in [4.78, 5) is 20.8. The summed E-state index contributed by atoms with van der Waals surface area (Å²) < 4.78 is 5.73. The molecule has 0 aromatic carbocycles. The fraction of sp³-hybridized carbons (Fsp3) is 0.400. The molecule has 3 aromatic rings. The number of pyridine rings is 1. The predicted molar refractivity (Wildman–Crippen MR) is 113 cm³/mol. The maximum absolute atomic E-state index is 5.73. The van der Waals surface area contributed by atoms with Crippen LogP contribution in [0.15, 0.2) is 30.9 Å². The molecule has 0 aliphatic carbocycles. The van der Waals surface area contributed by atoms with E-state index in [4.69, 9.17) is 4.74 Å². The number of imidazole rings is 1. The molecule has 148 valence electrons. The average Bonchev–Trinajstić information content (AvgIpc) is 3.10. The summed E-state index contributed by atoms with van der Waals surface area (Å²) in [5.41, 5.74) is 5.31. The maximum Gasteiger partial charge on any atom is 0.225 e. The summed E-state index contributed by atoms with van der Waals surface area (Å²) in [7, 11) is 0. The zero-order valence-electron chi connectivity index (χ0n) is 16.5. The summed E-state index contributed by atoms with van der Waals surface area (Å²) in [6.07, 6.45) is 6.15. The minimum atomic E-state index is 0.564. The highest BCUT2D eigenvalue weighted by molar-refractivity contribution is 7.98. The van der Waals surface area contributed by atoms with Crippen LogP contribution in [0.25, 0.3) is 0 Å². The quantitative estimate of drug-likeness (QED) is 0.505. The molecule has 2 N–H and O–H groups in total. The number of hydrogen-bond acceptors (Lipinski definition) is 7. The van der Waals surface area contributed by atoms with Crippen molar-refractivity contribution in [2.75, 3.05) is 24.2 Å². The fourth-order valence-corrected chi connectivity index (χ4v) is 3.49. The van der Waals surface area contributed by atoms with E-state index in [1.54, 1.807) is 6.33 Å². The van der Waals surface area contributed by atoms with Crippen molar-refractivity contribution < 1.29 is 4.74 Å². The van der Waals surface area contributed by atoms with Crippen LogP contribution in [0.1, 0.15) is 35.1 Å². The molecule has 0 fully saturated rings. The second kappa shape index (κ2) is 10.1. The molecule has 0 unspecified atom stereocenters. The highest BCUT2D eigenvalue weighted by atomic mass is 32.2. The van der Waals surface area contributed by atoms with Gasteiger partial charge in [0.25, 0.3) is 0 Å². The van der Waals surface area contributed by atoms with E-state index in [0.29, 0.717) is 24.9 Å². The molecule has 7 nitrogen and oxygen atoms in total. The fourth-order valence-electron chi connectivity index (χ4n) is 2.62. The van der Waals surface area contributed by atoms with Gasteiger partial charge in [-0.3, -0.25) is 4.98 Å². The molecule has 28 heavy (non-hydrogen) atoms. The minimum absolute atomic E-state index is 0.564. The third-order valence-electron chi connectivity index (χ3n) is 4.18. The van der Waals surface area contributed by atoms with Crippen LogP contribution in [0.5, 0.6) is 5.88 Å². The first-order valence-electron chi connectivity index (χ1n) is 9.36. The summed E-state index contributed by atoms with van der Waals surface area (Å²) in [5.74, 6) is 3.05. The number of aryl methyl sites for hydroxylation is 2. The van der Waals surface area contributed by atoms with Crippen LogP contribution < -0.4 is 10.1 Å². The van der Waals surface area contributed by atoms with Gasteiger partial charge in [-0.1, -0.05) is 6.07 Å². The molecule has 0 spiro atoms. The number of ether oxygens (including phenoxy) is 1. The molecule has 0 aliphatic rings. The smallest absolute Gasteiger partial charge is 0.225 e. The molecule has 0 atom stereocenters. The van der Waals surface area contributed by atoms with Crippen LogP contribution in [0, 0.1) is 13.8 Å². The number of aromatic amines is 1. The molecule has 3 rings (SSSR count). The lowest BCUT2D eigenvalue weighted by Gasteiger charge is -2.11. The Kier molecular flexibility index (Phi) is 7.25. The number of rotatable bonds is 10. The Morgan fingerprint density at radius 2 is 2.04 bits per heavy atom. The Morgan fingerprint density at radius 1 is 1.14 bits per heavy atom. The van der Waals surface area contributed by atoms with Gasteiger partial charge in [-0.2, -0.15) is 16.7 Å². The Balaban J connectivity index is 1.54. The van der Waals surface area contributed by atoms with E-state index in [-0.39, 0.29) is 0 Å². The SMILES string of the molecule is CCOc1nc(NCCSCc2nc[nH]c2C)ncc1Cc1ccc(C)nc1. The Hall–Kier alpha value is -2.61. The molecule has 8 heteroatoms. The van der Waals surface area contributed by atoms with E-state index >= 15 is 0 Å². The van der Waals surface area contributed by atoms with Crippen LogP contribution in [-0.2, 0) is 12.2 Å². The van der Waals surface area contributed by atoms with Crippen LogP contribution in [0.4, 0.5) is 5.95 Å². The van der Waals surface area contributed by atoms with Crippen LogP contribution in [-0.4, -0.2) is 43.8 Å². The maximum atomic E-state index is 5.73. The number of H-pyrrole nitrogens is 1. The first-order valence-corrected chi connectivity index (χ1v) is 10.5. The number of hydrogen-bond donors (Lipinski definition) is 2. The van der Waals surface area contributed by atoms with Crippen molar-refractivity contribution in [1.82, 2.24) is 24.9 Å². The van der Waals surface area contributed by atoms with Crippen molar-refractivity contribution >= 4 is 17.7 Å². The summed E-state index contributed by atoms with van der Waals surface area (Å²) >= 11 is 1.83. The third-order valence-corrected chi connectivity index (χ3v) is 5.15. The molecule has 3 aromatic heterocycles. The molecule has 0 saturated heterocycles. The molecule has 3 heterocycles. The predicted octanol–water partition coefficient (Wildman–Crippen LogP) is 3.55. The third kappa shape index (κ3) is 5.69. The van der Waals surface area contributed by atoms with Crippen LogP contribution in [0.2, 0.25) is 0 Å². The van der Waals surface area contributed by atoms with Gasteiger partial charge >= 0.3 is 0 Å². The van der Waals surface area contributed by atoms with Crippen molar-refractivity contribution in [3.63, 3.8) is 0 Å². The number of anilines is 1. The van der Waals surface area contributed by atoms with Crippen LogP contribution in [0.3, 0.4) is 0 Å². The Labute approximate surface area is 169 Å². The largest absolute Gasteiger partial charge is 0.478 e. The number of aromatic nitrogens is 5. The van der Waals surface area contributed by atoms with Gasteiger partial charge in [0.05, 0.1) is 18.6 Å².